The molecule has 0 saturated carbocycles. The third-order valence-corrected chi connectivity index (χ3v) is 3.43. The Hall–Kier alpha value is -1.26. The monoisotopic (exact) mass is 267 g/mol. The van der Waals surface area contributed by atoms with Crippen LogP contribution < -0.4 is 5.32 Å². The number of furan rings is 1. The molecule has 18 heavy (non-hydrogen) atoms. The summed E-state index contributed by atoms with van der Waals surface area (Å²) in [7, 11) is 0. The van der Waals surface area contributed by atoms with Crippen LogP contribution in [0.5, 0.6) is 0 Å². The Bertz CT molecular complexity index is 530. The quantitative estimate of drug-likeness (QED) is 0.906. The first-order chi connectivity index (χ1) is 8.61. The lowest BCUT2D eigenvalue weighted by molar-refractivity contribution is 0.474. The Kier molecular flexibility index (Phi) is 4.09. The second-order valence-electron chi connectivity index (χ2n) is 4.34. The molecule has 0 aliphatic carbocycles. The van der Waals surface area contributed by atoms with Gasteiger partial charge in [0.1, 0.15) is 5.76 Å². The van der Waals surface area contributed by atoms with Crippen molar-refractivity contribution in [3.63, 3.8) is 0 Å². The highest BCUT2D eigenvalue weighted by molar-refractivity contribution is 6.31. The molecule has 0 fully saturated rings. The molecule has 98 valence electrons. The van der Waals surface area contributed by atoms with E-state index >= 15 is 0 Å². The van der Waals surface area contributed by atoms with Gasteiger partial charge in [0.2, 0.25) is 0 Å². The lowest BCUT2D eigenvalue weighted by Gasteiger charge is -2.00. The fourth-order valence-corrected chi connectivity index (χ4v) is 1.98. The predicted octanol–water partition coefficient (Wildman–Crippen LogP) is 2.90. The average Bonchev–Trinajstić information content (AvgIpc) is 2.89. The second-order valence-corrected chi connectivity index (χ2v) is 4.72. The van der Waals surface area contributed by atoms with Gasteiger partial charge < -0.3 is 9.73 Å². The number of hydrogen-bond acceptors (Lipinski definition) is 3. The van der Waals surface area contributed by atoms with Gasteiger partial charge in [-0.1, -0.05) is 18.5 Å². The van der Waals surface area contributed by atoms with Crippen LogP contribution in [0.15, 0.2) is 16.7 Å². The van der Waals surface area contributed by atoms with Crippen LogP contribution >= 0.6 is 11.6 Å². The van der Waals surface area contributed by atoms with E-state index in [0.717, 1.165) is 40.8 Å². The molecule has 0 saturated heterocycles. The largest absolute Gasteiger partial charge is 0.467 e. The van der Waals surface area contributed by atoms with Crippen LogP contribution in [0.2, 0.25) is 5.02 Å². The van der Waals surface area contributed by atoms with E-state index < -0.39 is 0 Å². The van der Waals surface area contributed by atoms with Crippen molar-refractivity contribution in [2.24, 2.45) is 0 Å². The zero-order valence-electron chi connectivity index (χ0n) is 11.0. The Morgan fingerprint density at radius 3 is 2.83 bits per heavy atom. The van der Waals surface area contributed by atoms with Crippen LogP contribution in [0, 0.1) is 13.8 Å². The van der Waals surface area contributed by atoms with E-state index in [0.29, 0.717) is 6.54 Å². The summed E-state index contributed by atoms with van der Waals surface area (Å²) in [6.07, 6.45) is 1.78. The summed E-state index contributed by atoms with van der Waals surface area (Å²) in [6.45, 7) is 8.35. The zero-order chi connectivity index (χ0) is 13.1. The highest BCUT2D eigenvalue weighted by atomic mass is 35.5. The predicted molar refractivity (Wildman–Crippen MR) is 71.9 cm³/mol. The van der Waals surface area contributed by atoms with Gasteiger partial charge in [-0.25, -0.2) is 0 Å². The lowest BCUT2D eigenvalue weighted by atomic mass is 10.3. The lowest BCUT2D eigenvalue weighted by Crippen LogP contribution is -2.10. The molecule has 4 nitrogen and oxygen atoms in total. The van der Waals surface area contributed by atoms with Gasteiger partial charge in [0.15, 0.2) is 0 Å². The molecule has 2 aromatic rings. The van der Waals surface area contributed by atoms with Gasteiger partial charge in [-0.15, -0.1) is 0 Å². The first-order valence-electron chi connectivity index (χ1n) is 6.08. The highest BCUT2D eigenvalue weighted by Gasteiger charge is 2.11. The van der Waals surface area contributed by atoms with Gasteiger partial charge in [0.25, 0.3) is 0 Å². The van der Waals surface area contributed by atoms with Crippen molar-refractivity contribution in [2.75, 3.05) is 6.54 Å². The Labute approximate surface area is 112 Å². The molecule has 0 amide bonds. The van der Waals surface area contributed by atoms with E-state index in [1.807, 2.05) is 24.6 Å². The Balaban J connectivity index is 2.09. The summed E-state index contributed by atoms with van der Waals surface area (Å²) >= 11 is 6.11. The number of halogens is 1. The number of rotatable bonds is 5. The van der Waals surface area contributed by atoms with Crippen molar-refractivity contribution in [3.05, 3.63) is 40.1 Å². The maximum Gasteiger partial charge on any atom is 0.125 e. The Morgan fingerprint density at radius 2 is 2.22 bits per heavy atom. The number of nitrogens with one attached hydrogen (secondary N) is 1. The van der Waals surface area contributed by atoms with Gasteiger partial charge in [-0.2, -0.15) is 5.10 Å². The second kappa shape index (κ2) is 5.59. The smallest absolute Gasteiger partial charge is 0.125 e. The van der Waals surface area contributed by atoms with E-state index in [4.69, 9.17) is 16.0 Å². The molecule has 0 aromatic carbocycles. The fourth-order valence-electron chi connectivity index (χ4n) is 1.85. The van der Waals surface area contributed by atoms with Crippen molar-refractivity contribution in [1.29, 1.82) is 0 Å². The van der Waals surface area contributed by atoms with Gasteiger partial charge in [0.05, 0.1) is 29.2 Å². The van der Waals surface area contributed by atoms with E-state index in [1.54, 1.807) is 6.26 Å². The third-order valence-electron chi connectivity index (χ3n) is 2.89. The first-order valence-corrected chi connectivity index (χ1v) is 6.46. The first kappa shape index (κ1) is 13.2. The van der Waals surface area contributed by atoms with E-state index in [-0.39, 0.29) is 0 Å². The van der Waals surface area contributed by atoms with Gasteiger partial charge in [0, 0.05) is 12.1 Å². The molecule has 2 aromatic heterocycles. The molecule has 1 N–H and O–H groups in total. The van der Waals surface area contributed by atoms with E-state index in [9.17, 15) is 0 Å². The van der Waals surface area contributed by atoms with Crippen LogP contribution in [0.25, 0.3) is 0 Å². The molecule has 0 aliphatic heterocycles. The fraction of sp³-hybridized carbons (Fsp3) is 0.462. The minimum Gasteiger partial charge on any atom is -0.467 e. The standard InChI is InChI=1S/C13H18ClN3O/c1-4-15-6-11-5-12(18-8-11)7-17-10(3)13(14)9(2)16-17/h5,8,15H,4,6-7H2,1-3H3. The van der Waals surface area contributed by atoms with Crippen molar-refractivity contribution < 1.29 is 4.42 Å². The Morgan fingerprint density at radius 1 is 1.44 bits per heavy atom. The molecule has 0 atom stereocenters. The average molecular weight is 268 g/mol. The van der Waals surface area contributed by atoms with Crippen molar-refractivity contribution >= 4 is 11.6 Å². The maximum atomic E-state index is 6.11. The normalized spacial score (nSPS) is 11.1. The topological polar surface area (TPSA) is 43.0 Å². The number of aryl methyl sites for hydroxylation is 1. The van der Waals surface area contributed by atoms with Crippen molar-refractivity contribution in [2.45, 2.75) is 33.9 Å². The molecular formula is C13H18ClN3O. The summed E-state index contributed by atoms with van der Waals surface area (Å²) in [5, 5.41) is 8.38. The summed E-state index contributed by atoms with van der Waals surface area (Å²) in [4.78, 5) is 0. The molecule has 0 radical (unpaired) electrons. The summed E-state index contributed by atoms with van der Waals surface area (Å²) in [5.74, 6) is 0.894. The summed E-state index contributed by atoms with van der Waals surface area (Å²) < 4.78 is 7.39. The summed E-state index contributed by atoms with van der Waals surface area (Å²) in [5.41, 5.74) is 2.98. The molecule has 0 spiro atoms. The molecule has 0 unspecified atom stereocenters. The molecule has 2 heterocycles. The van der Waals surface area contributed by atoms with Crippen LogP contribution in [0.3, 0.4) is 0 Å². The van der Waals surface area contributed by atoms with Crippen LogP contribution in [-0.4, -0.2) is 16.3 Å². The highest BCUT2D eigenvalue weighted by Crippen LogP contribution is 2.20. The maximum absolute atomic E-state index is 6.11. The third kappa shape index (κ3) is 2.76. The van der Waals surface area contributed by atoms with Crippen LogP contribution in [0.4, 0.5) is 0 Å². The number of aromatic nitrogens is 2. The molecule has 5 heteroatoms. The molecule has 2 rings (SSSR count). The van der Waals surface area contributed by atoms with Crippen LogP contribution in [-0.2, 0) is 13.1 Å². The van der Waals surface area contributed by atoms with Gasteiger partial charge in [-0.05, 0) is 26.5 Å². The number of nitrogens with zero attached hydrogens (tertiary/aromatic N) is 2. The van der Waals surface area contributed by atoms with Gasteiger partial charge >= 0.3 is 0 Å². The minimum absolute atomic E-state index is 0.617. The summed E-state index contributed by atoms with van der Waals surface area (Å²) in [6, 6.07) is 2.05. The van der Waals surface area contributed by atoms with Crippen LogP contribution in [0.1, 0.15) is 29.6 Å². The van der Waals surface area contributed by atoms with Crippen molar-refractivity contribution in [1.82, 2.24) is 15.1 Å². The number of hydrogen-bond donors (Lipinski definition) is 1. The van der Waals surface area contributed by atoms with Crippen molar-refractivity contribution in [3.8, 4) is 0 Å². The van der Waals surface area contributed by atoms with E-state index in [1.165, 1.54) is 0 Å². The minimum atomic E-state index is 0.617. The SMILES string of the molecule is CCNCc1coc(Cn2nc(C)c(Cl)c2C)c1. The zero-order valence-corrected chi connectivity index (χ0v) is 11.7. The molecule has 0 aliphatic rings. The molecular weight excluding hydrogens is 250 g/mol. The molecule has 0 bridgehead atoms. The van der Waals surface area contributed by atoms with Gasteiger partial charge in [-0.3, -0.25) is 4.68 Å². The van der Waals surface area contributed by atoms with E-state index in [2.05, 4.69) is 17.3 Å².